The molecule has 1 aliphatic rings. The topological polar surface area (TPSA) is 62.2 Å². The Hall–Kier alpha value is -3.26. The van der Waals surface area contributed by atoms with Crippen molar-refractivity contribution in [2.24, 2.45) is 7.05 Å². The molecule has 1 aliphatic heterocycles. The summed E-state index contributed by atoms with van der Waals surface area (Å²) < 4.78 is 16.0. The van der Waals surface area contributed by atoms with E-state index in [0.29, 0.717) is 11.7 Å². The first-order valence-corrected chi connectivity index (χ1v) is 10.5. The Bertz CT molecular complexity index is 1100. The molecule has 0 bridgehead atoms. The zero-order valence-electron chi connectivity index (χ0n) is 17.4. The summed E-state index contributed by atoms with van der Waals surface area (Å²) in [6, 6.07) is 15.8. The van der Waals surface area contributed by atoms with Gasteiger partial charge in [-0.25, -0.2) is 4.39 Å². The minimum atomic E-state index is -0.457. The highest BCUT2D eigenvalue weighted by molar-refractivity contribution is 7.80. The van der Waals surface area contributed by atoms with Crippen molar-refractivity contribution >= 4 is 28.9 Å². The van der Waals surface area contributed by atoms with E-state index in [0.717, 1.165) is 17.1 Å². The first-order chi connectivity index (χ1) is 15.0. The SMILES string of the molecule is Cc1ccc([C@@H]2[C@@H](c3ccccn3)NC(=S)N2CCC(=O)Nc2ccccc2F)n1C. The maximum Gasteiger partial charge on any atom is 0.226 e. The van der Waals surface area contributed by atoms with Crippen molar-refractivity contribution in [1.29, 1.82) is 0 Å². The van der Waals surface area contributed by atoms with Gasteiger partial charge in [0.1, 0.15) is 5.82 Å². The average molecular weight is 438 g/mol. The third-order valence-corrected chi connectivity index (χ3v) is 5.99. The maximum atomic E-state index is 13.9. The van der Waals surface area contributed by atoms with Crippen molar-refractivity contribution in [1.82, 2.24) is 19.8 Å². The Morgan fingerprint density at radius 3 is 2.65 bits per heavy atom. The molecule has 160 valence electrons. The van der Waals surface area contributed by atoms with Crippen LogP contribution in [-0.4, -0.2) is 32.0 Å². The van der Waals surface area contributed by atoms with Crippen molar-refractivity contribution in [2.75, 3.05) is 11.9 Å². The van der Waals surface area contributed by atoms with Gasteiger partial charge < -0.3 is 20.1 Å². The van der Waals surface area contributed by atoms with Crippen LogP contribution in [0.4, 0.5) is 10.1 Å². The second-order valence-corrected chi connectivity index (χ2v) is 7.94. The van der Waals surface area contributed by atoms with Gasteiger partial charge in [0.25, 0.3) is 0 Å². The number of rotatable bonds is 6. The van der Waals surface area contributed by atoms with E-state index in [-0.39, 0.29) is 30.1 Å². The van der Waals surface area contributed by atoms with E-state index in [1.165, 1.54) is 6.07 Å². The first-order valence-electron chi connectivity index (χ1n) is 10.1. The van der Waals surface area contributed by atoms with E-state index in [2.05, 4.69) is 32.3 Å². The number of hydrogen-bond donors (Lipinski definition) is 2. The predicted molar refractivity (Wildman–Crippen MR) is 122 cm³/mol. The van der Waals surface area contributed by atoms with Crippen LogP contribution in [-0.2, 0) is 11.8 Å². The van der Waals surface area contributed by atoms with Gasteiger partial charge in [-0.15, -0.1) is 0 Å². The van der Waals surface area contributed by atoms with Crippen molar-refractivity contribution in [3.63, 3.8) is 0 Å². The highest BCUT2D eigenvalue weighted by Gasteiger charge is 2.41. The summed E-state index contributed by atoms with van der Waals surface area (Å²) in [5.74, 6) is -0.724. The summed E-state index contributed by atoms with van der Waals surface area (Å²) in [4.78, 5) is 19.0. The molecule has 3 heterocycles. The van der Waals surface area contributed by atoms with E-state index >= 15 is 0 Å². The summed E-state index contributed by atoms with van der Waals surface area (Å²) in [5, 5.41) is 6.59. The number of aromatic nitrogens is 2. The summed E-state index contributed by atoms with van der Waals surface area (Å²) >= 11 is 5.63. The number of benzene rings is 1. The molecular weight excluding hydrogens is 413 g/mol. The summed E-state index contributed by atoms with van der Waals surface area (Å²) in [7, 11) is 2.02. The molecule has 4 rings (SSSR count). The lowest BCUT2D eigenvalue weighted by Crippen LogP contribution is -2.33. The molecule has 0 spiro atoms. The fourth-order valence-electron chi connectivity index (χ4n) is 3.90. The molecule has 2 N–H and O–H groups in total. The second-order valence-electron chi connectivity index (χ2n) is 7.56. The van der Waals surface area contributed by atoms with Gasteiger partial charge in [-0.3, -0.25) is 9.78 Å². The molecule has 0 saturated carbocycles. The zero-order chi connectivity index (χ0) is 22.0. The molecule has 1 amide bonds. The van der Waals surface area contributed by atoms with Crippen LogP contribution in [0, 0.1) is 12.7 Å². The minimum absolute atomic E-state index is 0.123. The van der Waals surface area contributed by atoms with Crippen LogP contribution in [0.2, 0.25) is 0 Å². The second kappa shape index (κ2) is 8.85. The van der Waals surface area contributed by atoms with E-state index in [1.54, 1.807) is 24.4 Å². The van der Waals surface area contributed by atoms with E-state index in [9.17, 15) is 9.18 Å². The van der Waals surface area contributed by atoms with E-state index in [1.807, 2.05) is 37.1 Å². The average Bonchev–Trinajstić information content (AvgIpc) is 3.27. The highest BCUT2D eigenvalue weighted by atomic mass is 32.1. The van der Waals surface area contributed by atoms with E-state index in [4.69, 9.17) is 12.2 Å². The van der Waals surface area contributed by atoms with Crippen LogP contribution in [0.25, 0.3) is 0 Å². The number of hydrogen-bond acceptors (Lipinski definition) is 3. The number of amides is 1. The zero-order valence-corrected chi connectivity index (χ0v) is 18.2. The number of para-hydroxylation sites is 1. The molecule has 1 fully saturated rings. The van der Waals surface area contributed by atoms with Crippen LogP contribution in [0.5, 0.6) is 0 Å². The molecule has 3 aromatic rings. The lowest BCUT2D eigenvalue weighted by Gasteiger charge is -2.28. The largest absolute Gasteiger partial charge is 0.352 e. The minimum Gasteiger partial charge on any atom is -0.352 e. The fraction of sp³-hybridized carbons (Fsp3) is 0.261. The molecule has 1 saturated heterocycles. The third kappa shape index (κ3) is 4.29. The van der Waals surface area contributed by atoms with Gasteiger partial charge in [0.05, 0.1) is 23.5 Å². The van der Waals surface area contributed by atoms with Gasteiger partial charge in [-0.1, -0.05) is 18.2 Å². The number of carbonyl (C=O) groups excluding carboxylic acids is 1. The number of nitrogens with zero attached hydrogens (tertiary/aromatic N) is 3. The molecule has 8 heteroatoms. The van der Waals surface area contributed by atoms with Gasteiger partial charge >= 0.3 is 0 Å². The summed E-state index contributed by atoms with van der Waals surface area (Å²) in [6.07, 6.45) is 1.93. The van der Waals surface area contributed by atoms with Crippen LogP contribution in [0.1, 0.15) is 35.6 Å². The van der Waals surface area contributed by atoms with Crippen molar-refractivity contribution in [3.05, 3.63) is 83.7 Å². The number of carbonyl (C=O) groups is 1. The molecule has 1 aromatic carbocycles. The van der Waals surface area contributed by atoms with Crippen LogP contribution in [0.3, 0.4) is 0 Å². The standard InChI is InChI=1S/C23H24FN5OS/c1-15-10-11-19(28(15)2)22-21(18-9-5-6-13-25-18)27-23(31)29(22)14-12-20(30)26-17-8-4-3-7-16(17)24/h3-11,13,21-22H,12,14H2,1-2H3,(H,26,30)(H,27,31)/t21-,22-/m1/s1. The summed E-state index contributed by atoms with van der Waals surface area (Å²) in [6.45, 7) is 2.44. The third-order valence-electron chi connectivity index (χ3n) is 5.64. The maximum absolute atomic E-state index is 13.9. The van der Waals surface area contributed by atoms with Gasteiger partial charge in [-0.05, 0) is 55.5 Å². The van der Waals surface area contributed by atoms with Crippen molar-refractivity contribution < 1.29 is 9.18 Å². The van der Waals surface area contributed by atoms with Gasteiger partial charge in [0.2, 0.25) is 5.91 Å². The highest BCUT2D eigenvalue weighted by Crippen LogP contribution is 2.39. The lowest BCUT2D eigenvalue weighted by molar-refractivity contribution is -0.116. The van der Waals surface area contributed by atoms with Crippen LogP contribution < -0.4 is 10.6 Å². The molecule has 31 heavy (non-hydrogen) atoms. The number of halogens is 1. The lowest BCUT2D eigenvalue weighted by atomic mass is 10.0. The Balaban J connectivity index is 1.56. The molecular formula is C23H24FN5OS. The van der Waals surface area contributed by atoms with Crippen LogP contribution in [0.15, 0.2) is 60.8 Å². The van der Waals surface area contributed by atoms with Gasteiger partial charge in [-0.2, -0.15) is 0 Å². The number of pyridine rings is 1. The summed E-state index contributed by atoms with van der Waals surface area (Å²) in [5.41, 5.74) is 3.27. The number of thiocarbonyl (C=S) groups is 1. The molecule has 0 aliphatic carbocycles. The Kier molecular flexibility index (Phi) is 5.99. The monoisotopic (exact) mass is 437 g/mol. The number of anilines is 1. The molecule has 6 nitrogen and oxygen atoms in total. The normalized spacial score (nSPS) is 18.2. The van der Waals surface area contributed by atoms with E-state index < -0.39 is 5.82 Å². The van der Waals surface area contributed by atoms with Gasteiger partial charge in [0.15, 0.2) is 5.11 Å². The van der Waals surface area contributed by atoms with Crippen molar-refractivity contribution in [3.8, 4) is 0 Å². The van der Waals surface area contributed by atoms with Crippen LogP contribution >= 0.6 is 12.2 Å². The fourth-order valence-corrected chi connectivity index (χ4v) is 4.23. The smallest absolute Gasteiger partial charge is 0.226 e. The molecule has 2 aromatic heterocycles. The first kappa shape index (κ1) is 21.0. The van der Waals surface area contributed by atoms with Crippen molar-refractivity contribution in [2.45, 2.75) is 25.4 Å². The quantitative estimate of drug-likeness (QED) is 0.574. The molecule has 0 unspecified atom stereocenters. The Morgan fingerprint density at radius 2 is 1.97 bits per heavy atom. The number of nitrogens with one attached hydrogen (secondary N) is 2. The van der Waals surface area contributed by atoms with Gasteiger partial charge in [0, 0.05) is 37.6 Å². The molecule has 0 radical (unpaired) electrons. The Morgan fingerprint density at radius 1 is 1.19 bits per heavy atom. The Labute approximate surface area is 186 Å². The molecule has 2 atom stereocenters. The number of aryl methyl sites for hydroxylation is 1. The predicted octanol–water partition coefficient (Wildman–Crippen LogP) is 3.87.